The minimum Gasteiger partial charge on any atom is -0.355 e. The molecule has 1 aliphatic carbocycles. The molecule has 0 radical (unpaired) electrons. The zero-order valence-electron chi connectivity index (χ0n) is 17.0. The number of hydrogen-bond acceptors (Lipinski definition) is 5. The second-order valence-corrected chi connectivity index (χ2v) is 8.90. The van der Waals surface area contributed by atoms with Crippen LogP contribution in [0.2, 0.25) is 0 Å². The van der Waals surface area contributed by atoms with Gasteiger partial charge in [0.1, 0.15) is 5.82 Å². The van der Waals surface area contributed by atoms with Crippen molar-refractivity contribution in [3.63, 3.8) is 0 Å². The zero-order valence-corrected chi connectivity index (χ0v) is 17.8. The largest absolute Gasteiger partial charge is 0.355 e. The lowest BCUT2D eigenvalue weighted by Gasteiger charge is -2.13. The first kappa shape index (κ1) is 19.6. The van der Waals surface area contributed by atoms with E-state index >= 15 is 0 Å². The Morgan fingerprint density at radius 3 is 2.45 bits per heavy atom. The number of para-hydroxylation sites is 1. The Hall–Kier alpha value is -2.67. The number of nitrogens with zero attached hydrogens (tertiary/aromatic N) is 3. The summed E-state index contributed by atoms with van der Waals surface area (Å²) in [6, 6.07) is 10.0. The molecular formula is C22H24N4O2S. The van der Waals surface area contributed by atoms with Crippen LogP contribution < -0.4 is 0 Å². The van der Waals surface area contributed by atoms with Gasteiger partial charge in [-0.3, -0.25) is 14.2 Å². The summed E-state index contributed by atoms with van der Waals surface area (Å²) in [5.41, 5.74) is 3.57. The van der Waals surface area contributed by atoms with Gasteiger partial charge in [-0.1, -0.05) is 30.0 Å². The van der Waals surface area contributed by atoms with Gasteiger partial charge in [0.25, 0.3) is 0 Å². The second-order valence-electron chi connectivity index (χ2n) is 7.59. The molecule has 4 rings (SSSR count). The number of hydrogen-bond donors (Lipinski definition) is 1. The molecule has 3 aromatic rings. The Balaban J connectivity index is 1.64. The van der Waals surface area contributed by atoms with Gasteiger partial charge in [0.2, 0.25) is 0 Å². The van der Waals surface area contributed by atoms with Crippen LogP contribution in [0, 0.1) is 13.8 Å². The molecule has 0 spiro atoms. The van der Waals surface area contributed by atoms with Crippen LogP contribution in [0.4, 0.5) is 0 Å². The van der Waals surface area contributed by atoms with Crippen molar-refractivity contribution in [1.82, 2.24) is 19.7 Å². The summed E-state index contributed by atoms with van der Waals surface area (Å²) >= 11 is 1.40. The van der Waals surface area contributed by atoms with E-state index in [4.69, 9.17) is 0 Å². The number of rotatable bonds is 7. The molecule has 1 aromatic carbocycles. The Kier molecular flexibility index (Phi) is 5.17. The topological polar surface area (TPSA) is 80.6 Å². The van der Waals surface area contributed by atoms with Gasteiger partial charge in [-0.15, -0.1) is 10.2 Å². The molecule has 2 aromatic heterocycles. The number of thioether (sulfide) groups is 1. The van der Waals surface area contributed by atoms with E-state index < -0.39 is 0 Å². The lowest BCUT2D eigenvalue weighted by Crippen LogP contribution is -2.16. The molecule has 1 fully saturated rings. The standard InChI is InChI=1S/C22H24N4O2S/c1-12-18(14(3)27)13(2)23-19(12)20(28)15(4)29-22-25-24-21(16-10-11-16)26(22)17-8-6-5-7-9-17/h5-9,15-16,23H,10-11H2,1-4H3/t15-/m1/s1. The molecule has 6 nitrogen and oxygen atoms in total. The molecule has 0 aliphatic heterocycles. The van der Waals surface area contributed by atoms with E-state index in [9.17, 15) is 9.59 Å². The molecule has 1 N–H and O–H groups in total. The summed E-state index contributed by atoms with van der Waals surface area (Å²) in [5, 5.41) is 9.17. The summed E-state index contributed by atoms with van der Waals surface area (Å²) in [4.78, 5) is 28.2. The van der Waals surface area contributed by atoms with Crippen LogP contribution in [0.5, 0.6) is 0 Å². The fourth-order valence-corrected chi connectivity index (χ4v) is 4.66. The number of nitrogens with one attached hydrogen (secondary N) is 1. The highest BCUT2D eigenvalue weighted by Crippen LogP contribution is 2.41. The van der Waals surface area contributed by atoms with E-state index in [1.54, 1.807) is 0 Å². The van der Waals surface area contributed by atoms with Crippen molar-refractivity contribution in [2.24, 2.45) is 0 Å². The van der Waals surface area contributed by atoms with Gasteiger partial charge in [-0.25, -0.2) is 0 Å². The first-order chi connectivity index (χ1) is 13.9. The molecule has 150 valence electrons. The van der Waals surface area contributed by atoms with E-state index in [2.05, 4.69) is 19.7 Å². The van der Waals surface area contributed by atoms with E-state index in [1.807, 2.05) is 51.1 Å². The lowest BCUT2D eigenvalue weighted by molar-refractivity contribution is 0.0988. The van der Waals surface area contributed by atoms with E-state index in [0.717, 1.165) is 35.6 Å². The molecule has 0 amide bonds. The highest BCUT2D eigenvalue weighted by Gasteiger charge is 2.32. The van der Waals surface area contributed by atoms with Gasteiger partial charge in [-0.2, -0.15) is 0 Å². The number of H-pyrrole nitrogens is 1. The molecule has 0 saturated heterocycles. The third-order valence-electron chi connectivity index (χ3n) is 5.30. The van der Waals surface area contributed by atoms with Gasteiger partial charge in [-0.05, 0) is 58.2 Å². The summed E-state index contributed by atoms with van der Waals surface area (Å²) < 4.78 is 2.07. The predicted octanol–water partition coefficient (Wildman–Crippen LogP) is 4.66. The van der Waals surface area contributed by atoms with Crippen LogP contribution in [0.3, 0.4) is 0 Å². The molecule has 2 heterocycles. The van der Waals surface area contributed by atoms with Crippen molar-refractivity contribution >= 4 is 23.3 Å². The van der Waals surface area contributed by atoms with Gasteiger partial charge in [0, 0.05) is 22.9 Å². The summed E-state index contributed by atoms with van der Waals surface area (Å²) in [6.07, 6.45) is 2.25. The third-order valence-corrected chi connectivity index (χ3v) is 6.35. The monoisotopic (exact) mass is 408 g/mol. The van der Waals surface area contributed by atoms with E-state index in [-0.39, 0.29) is 16.8 Å². The number of aromatic amines is 1. The third kappa shape index (κ3) is 3.67. The van der Waals surface area contributed by atoms with Crippen molar-refractivity contribution in [2.75, 3.05) is 0 Å². The van der Waals surface area contributed by atoms with Gasteiger partial charge < -0.3 is 4.98 Å². The Labute approximate surface area is 174 Å². The maximum absolute atomic E-state index is 13.1. The number of carbonyl (C=O) groups is 2. The summed E-state index contributed by atoms with van der Waals surface area (Å²) in [7, 11) is 0. The van der Waals surface area contributed by atoms with E-state index in [0.29, 0.717) is 22.3 Å². The summed E-state index contributed by atoms with van der Waals surface area (Å²) in [5.74, 6) is 1.32. The number of aromatic nitrogens is 4. The van der Waals surface area contributed by atoms with Gasteiger partial charge >= 0.3 is 0 Å². The smallest absolute Gasteiger partial charge is 0.196 e. The molecule has 1 saturated carbocycles. The van der Waals surface area contributed by atoms with Crippen LogP contribution in [-0.2, 0) is 0 Å². The number of Topliss-reactive ketones (excluding diaryl/α,β-unsaturated/α-hetero) is 2. The lowest BCUT2D eigenvalue weighted by atomic mass is 10.0. The minimum atomic E-state index is -0.370. The zero-order chi connectivity index (χ0) is 20.7. The average Bonchev–Trinajstić information content (AvgIpc) is 3.39. The van der Waals surface area contributed by atoms with Gasteiger partial charge in [0.05, 0.1) is 10.9 Å². The number of ketones is 2. The molecule has 1 aliphatic rings. The molecule has 29 heavy (non-hydrogen) atoms. The first-order valence-corrected chi connectivity index (χ1v) is 10.7. The van der Waals surface area contributed by atoms with Crippen molar-refractivity contribution in [3.05, 3.63) is 58.7 Å². The Morgan fingerprint density at radius 1 is 1.17 bits per heavy atom. The number of benzene rings is 1. The number of carbonyl (C=O) groups excluding carboxylic acids is 2. The Morgan fingerprint density at radius 2 is 1.86 bits per heavy atom. The number of aryl methyl sites for hydroxylation is 1. The fraction of sp³-hybridized carbons (Fsp3) is 0.364. The molecule has 0 bridgehead atoms. The average molecular weight is 409 g/mol. The highest BCUT2D eigenvalue weighted by molar-refractivity contribution is 8.00. The molecule has 0 unspecified atom stereocenters. The summed E-state index contributed by atoms with van der Waals surface area (Å²) in [6.45, 7) is 7.04. The second kappa shape index (κ2) is 7.63. The highest BCUT2D eigenvalue weighted by atomic mass is 32.2. The van der Waals surface area contributed by atoms with Crippen LogP contribution in [0.15, 0.2) is 35.5 Å². The quantitative estimate of drug-likeness (QED) is 0.454. The first-order valence-electron chi connectivity index (χ1n) is 9.80. The van der Waals surface area contributed by atoms with Crippen molar-refractivity contribution in [2.45, 2.75) is 56.9 Å². The van der Waals surface area contributed by atoms with Crippen LogP contribution >= 0.6 is 11.8 Å². The normalized spacial score (nSPS) is 14.8. The Bertz CT molecular complexity index is 1080. The molecular weight excluding hydrogens is 384 g/mol. The SMILES string of the molecule is CC(=O)c1c(C)[nH]c(C(=O)[C@@H](C)Sc2nnc(C3CC3)n2-c2ccccc2)c1C. The molecule has 1 atom stereocenters. The minimum absolute atomic E-state index is 0.0338. The van der Waals surface area contributed by atoms with Crippen LogP contribution in [0.1, 0.15) is 70.5 Å². The maximum atomic E-state index is 13.1. The van der Waals surface area contributed by atoms with Crippen molar-refractivity contribution < 1.29 is 9.59 Å². The molecule has 7 heteroatoms. The van der Waals surface area contributed by atoms with Crippen molar-refractivity contribution in [1.29, 1.82) is 0 Å². The van der Waals surface area contributed by atoms with E-state index in [1.165, 1.54) is 18.7 Å². The van der Waals surface area contributed by atoms with Crippen LogP contribution in [-0.4, -0.2) is 36.6 Å². The van der Waals surface area contributed by atoms with Crippen LogP contribution in [0.25, 0.3) is 5.69 Å². The predicted molar refractivity (Wildman–Crippen MR) is 113 cm³/mol. The van der Waals surface area contributed by atoms with Crippen molar-refractivity contribution in [3.8, 4) is 5.69 Å². The maximum Gasteiger partial charge on any atom is 0.196 e. The van der Waals surface area contributed by atoms with Gasteiger partial charge in [0.15, 0.2) is 16.7 Å². The fourth-order valence-electron chi connectivity index (χ4n) is 3.72.